The van der Waals surface area contributed by atoms with Gasteiger partial charge in [0, 0.05) is 5.56 Å². The maximum atomic E-state index is 13.4. The summed E-state index contributed by atoms with van der Waals surface area (Å²) < 4.78 is 12.2. The molecule has 0 saturated carbocycles. The summed E-state index contributed by atoms with van der Waals surface area (Å²) in [5.74, 6) is -2.91. The molecule has 0 aliphatic carbocycles. The summed E-state index contributed by atoms with van der Waals surface area (Å²) in [6, 6.07) is 9.22. The third-order valence-electron chi connectivity index (χ3n) is 5.71. The number of para-hydroxylation sites is 1. The van der Waals surface area contributed by atoms with Crippen LogP contribution in [0.1, 0.15) is 37.9 Å². The molecule has 3 heterocycles. The number of hydrogen-bond donors (Lipinski definition) is 1. The number of esters is 2. The lowest BCUT2D eigenvalue weighted by molar-refractivity contribution is -0.139. The van der Waals surface area contributed by atoms with Crippen molar-refractivity contribution in [2.75, 3.05) is 13.2 Å². The maximum absolute atomic E-state index is 13.4. The van der Waals surface area contributed by atoms with Gasteiger partial charge in [0.25, 0.3) is 0 Å². The number of rotatable bonds is 6. The first-order valence-corrected chi connectivity index (χ1v) is 12.4. The van der Waals surface area contributed by atoms with Crippen molar-refractivity contribution in [1.29, 1.82) is 0 Å². The normalized spacial score (nSPS) is 19.8. The Kier molecular flexibility index (Phi) is 6.95. The van der Waals surface area contributed by atoms with Crippen LogP contribution in [0.4, 0.5) is 0 Å². The number of fused-ring (bicyclic) bond motifs is 1. The second-order valence-electron chi connectivity index (χ2n) is 7.86. The molecule has 1 amide bonds. The topological polar surface area (TPSA) is 117 Å². The standard InChI is InChI=1S/C24H25ClN4O5S/c1-5-33-23(31)17-16(15-12(3)27-29(19(15)25)14-10-8-7-9-11-14)18(24(32)34-6-2)22-28(20(17)26)21(30)13(4)35-22/h7-11,13,16H,5-6,26H2,1-4H3. The lowest BCUT2D eigenvalue weighted by Crippen LogP contribution is -2.40. The van der Waals surface area contributed by atoms with Gasteiger partial charge in [-0.25, -0.2) is 14.3 Å². The molecule has 184 valence electrons. The number of nitrogens with zero attached hydrogens (tertiary/aromatic N) is 3. The summed E-state index contributed by atoms with van der Waals surface area (Å²) in [6.45, 7) is 6.94. The third-order valence-corrected chi connectivity index (χ3v) is 7.26. The molecule has 11 heteroatoms. The summed E-state index contributed by atoms with van der Waals surface area (Å²) in [5, 5.41) is 4.59. The van der Waals surface area contributed by atoms with E-state index in [1.807, 2.05) is 30.3 Å². The number of aromatic nitrogens is 2. The number of carbonyl (C=O) groups is 3. The van der Waals surface area contributed by atoms with Crippen LogP contribution < -0.4 is 5.73 Å². The highest BCUT2D eigenvalue weighted by molar-refractivity contribution is 8.04. The minimum Gasteiger partial charge on any atom is -0.463 e. The molecule has 2 aliphatic rings. The van der Waals surface area contributed by atoms with Gasteiger partial charge in [-0.2, -0.15) is 5.10 Å². The number of hydrogen-bond acceptors (Lipinski definition) is 8. The molecule has 0 spiro atoms. The van der Waals surface area contributed by atoms with Crippen LogP contribution in [0.3, 0.4) is 0 Å². The van der Waals surface area contributed by atoms with Crippen molar-refractivity contribution in [2.45, 2.75) is 38.9 Å². The monoisotopic (exact) mass is 516 g/mol. The maximum Gasteiger partial charge on any atom is 0.338 e. The lowest BCUT2D eigenvalue weighted by Gasteiger charge is -2.33. The first kappa shape index (κ1) is 24.9. The molecule has 2 aromatic rings. The van der Waals surface area contributed by atoms with E-state index in [4.69, 9.17) is 26.8 Å². The molecular formula is C24H25ClN4O5S. The second-order valence-corrected chi connectivity index (χ2v) is 9.55. The van der Waals surface area contributed by atoms with Gasteiger partial charge < -0.3 is 15.2 Å². The van der Waals surface area contributed by atoms with E-state index in [-0.39, 0.29) is 41.2 Å². The minimum absolute atomic E-state index is 0.0562. The molecule has 1 fully saturated rings. The molecule has 2 N–H and O–H groups in total. The summed E-state index contributed by atoms with van der Waals surface area (Å²) >= 11 is 8.05. The number of nitrogens with two attached hydrogens (primary N) is 1. The van der Waals surface area contributed by atoms with Crippen molar-refractivity contribution >= 4 is 41.2 Å². The zero-order chi connectivity index (χ0) is 25.4. The minimum atomic E-state index is -1.05. The van der Waals surface area contributed by atoms with Gasteiger partial charge in [-0.1, -0.05) is 41.6 Å². The number of carbonyl (C=O) groups excluding carboxylic acids is 3. The Balaban J connectivity index is 2.02. The average Bonchev–Trinajstić information content (AvgIpc) is 3.29. The Morgan fingerprint density at radius 3 is 2.31 bits per heavy atom. The number of thioether (sulfide) groups is 1. The molecule has 1 saturated heterocycles. The number of halogens is 1. The van der Waals surface area contributed by atoms with E-state index in [2.05, 4.69) is 5.10 Å². The van der Waals surface area contributed by atoms with Gasteiger partial charge in [-0.15, -0.1) is 0 Å². The highest BCUT2D eigenvalue weighted by Crippen LogP contribution is 2.51. The van der Waals surface area contributed by atoms with Crippen molar-refractivity contribution in [1.82, 2.24) is 14.7 Å². The van der Waals surface area contributed by atoms with Gasteiger partial charge in [0.15, 0.2) is 0 Å². The van der Waals surface area contributed by atoms with Crippen LogP contribution >= 0.6 is 23.4 Å². The van der Waals surface area contributed by atoms with Gasteiger partial charge in [-0.05, 0) is 39.8 Å². The number of benzene rings is 1. The van der Waals surface area contributed by atoms with Gasteiger partial charge in [0.05, 0.1) is 51.9 Å². The van der Waals surface area contributed by atoms with E-state index >= 15 is 0 Å². The van der Waals surface area contributed by atoms with E-state index in [9.17, 15) is 14.4 Å². The Hall–Kier alpha value is -3.24. The average molecular weight is 517 g/mol. The van der Waals surface area contributed by atoms with E-state index in [1.165, 1.54) is 21.3 Å². The molecular weight excluding hydrogens is 492 g/mol. The SMILES string of the molecule is CCOC(=O)C1=C(N)N2C(=O)C(C)SC2=C(C(=O)OCC)C1c1c(C)nn(-c2ccccc2)c1Cl. The molecule has 2 aliphatic heterocycles. The molecule has 4 rings (SSSR count). The van der Waals surface area contributed by atoms with Crippen LogP contribution in [0, 0.1) is 6.92 Å². The van der Waals surface area contributed by atoms with Crippen LogP contribution in [-0.2, 0) is 23.9 Å². The van der Waals surface area contributed by atoms with Crippen molar-refractivity contribution < 1.29 is 23.9 Å². The first-order valence-electron chi connectivity index (χ1n) is 11.1. The fraction of sp³-hybridized carbons (Fsp3) is 0.333. The largest absolute Gasteiger partial charge is 0.463 e. The van der Waals surface area contributed by atoms with Crippen molar-refractivity contribution in [3.05, 3.63) is 68.7 Å². The quantitative estimate of drug-likeness (QED) is 0.580. The molecule has 1 aromatic heterocycles. The molecule has 1 aromatic carbocycles. The zero-order valence-electron chi connectivity index (χ0n) is 19.7. The summed E-state index contributed by atoms with van der Waals surface area (Å²) in [5.41, 5.74) is 8.08. The van der Waals surface area contributed by atoms with Gasteiger partial charge in [0.2, 0.25) is 5.91 Å². The molecule has 35 heavy (non-hydrogen) atoms. The predicted molar refractivity (Wildman–Crippen MR) is 131 cm³/mol. The van der Waals surface area contributed by atoms with E-state index in [0.29, 0.717) is 22.0 Å². The van der Waals surface area contributed by atoms with Crippen molar-refractivity contribution in [3.63, 3.8) is 0 Å². The highest BCUT2D eigenvalue weighted by Gasteiger charge is 2.50. The smallest absolute Gasteiger partial charge is 0.338 e. The fourth-order valence-electron chi connectivity index (χ4n) is 4.21. The number of amides is 1. The Morgan fingerprint density at radius 1 is 1.11 bits per heavy atom. The third kappa shape index (κ3) is 4.10. The van der Waals surface area contributed by atoms with Crippen LogP contribution in [0.25, 0.3) is 5.69 Å². The lowest BCUT2D eigenvalue weighted by atomic mass is 9.82. The number of ether oxygens (including phenoxy) is 2. The summed E-state index contributed by atoms with van der Waals surface area (Å²) in [6.07, 6.45) is 0. The van der Waals surface area contributed by atoms with Crippen molar-refractivity contribution in [3.8, 4) is 5.69 Å². The molecule has 2 unspecified atom stereocenters. The fourth-order valence-corrected chi connectivity index (χ4v) is 5.76. The van der Waals surface area contributed by atoms with E-state index in [1.54, 1.807) is 27.7 Å². The van der Waals surface area contributed by atoms with E-state index < -0.39 is 23.1 Å². The van der Waals surface area contributed by atoms with Crippen LogP contribution in [0.2, 0.25) is 5.15 Å². The Labute approximate surface area is 211 Å². The van der Waals surface area contributed by atoms with Gasteiger partial charge in [-0.3, -0.25) is 9.69 Å². The van der Waals surface area contributed by atoms with E-state index in [0.717, 1.165) is 0 Å². The van der Waals surface area contributed by atoms with Gasteiger partial charge >= 0.3 is 11.9 Å². The molecule has 0 radical (unpaired) electrons. The summed E-state index contributed by atoms with van der Waals surface area (Å²) in [4.78, 5) is 40.8. The van der Waals surface area contributed by atoms with Crippen LogP contribution in [-0.4, -0.2) is 51.0 Å². The summed E-state index contributed by atoms with van der Waals surface area (Å²) in [7, 11) is 0. The predicted octanol–water partition coefficient (Wildman–Crippen LogP) is 3.40. The van der Waals surface area contributed by atoms with Crippen LogP contribution in [0.15, 0.2) is 52.3 Å². The van der Waals surface area contributed by atoms with Crippen LogP contribution in [0.5, 0.6) is 0 Å². The molecule has 2 atom stereocenters. The Morgan fingerprint density at radius 2 is 1.71 bits per heavy atom. The first-order chi connectivity index (χ1) is 16.7. The number of aryl methyl sites for hydroxylation is 1. The highest BCUT2D eigenvalue weighted by atomic mass is 35.5. The van der Waals surface area contributed by atoms with Crippen molar-refractivity contribution in [2.24, 2.45) is 5.73 Å². The Bertz CT molecular complexity index is 1270. The molecule has 9 nitrogen and oxygen atoms in total. The second kappa shape index (κ2) is 9.79. The molecule has 0 bridgehead atoms. The van der Waals surface area contributed by atoms with Gasteiger partial charge in [0.1, 0.15) is 11.0 Å². The zero-order valence-corrected chi connectivity index (χ0v) is 21.3.